The maximum absolute atomic E-state index is 12.1. The molecule has 10 heteroatoms. The van der Waals surface area contributed by atoms with Crippen LogP contribution in [-0.2, 0) is 20.9 Å². The molecule has 0 unspecified atom stereocenters. The third-order valence-electron chi connectivity index (χ3n) is 3.12. The van der Waals surface area contributed by atoms with Gasteiger partial charge in [-0.2, -0.15) is 0 Å². The van der Waals surface area contributed by atoms with E-state index in [9.17, 15) is 29.3 Å². The van der Waals surface area contributed by atoms with E-state index < -0.39 is 41.7 Å². The molecule has 0 saturated carbocycles. The Kier molecular flexibility index (Phi) is 4.35. The standard InChI is InChI=1S/C13H11N3O7/c17-10-5-11(18)15(7-12(19)20)13(21)14(10)6-8-2-1-3-9(4-8)16(22)23/h1-4H,5-7H2,(H,19,20). The van der Waals surface area contributed by atoms with E-state index in [4.69, 9.17) is 5.11 Å². The molecule has 2 rings (SSSR count). The van der Waals surface area contributed by atoms with Crippen molar-refractivity contribution in [3.63, 3.8) is 0 Å². The molecule has 0 atom stereocenters. The van der Waals surface area contributed by atoms with E-state index >= 15 is 0 Å². The second-order valence-corrected chi connectivity index (χ2v) is 4.74. The maximum atomic E-state index is 12.1. The second kappa shape index (κ2) is 6.22. The molecule has 1 heterocycles. The van der Waals surface area contributed by atoms with Gasteiger partial charge in [0.15, 0.2) is 0 Å². The number of urea groups is 1. The minimum atomic E-state index is -1.39. The van der Waals surface area contributed by atoms with Gasteiger partial charge in [-0.25, -0.2) is 4.79 Å². The summed E-state index contributed by atoms with van der Waals surface area (Å²) < 4.78 is 0. The maximum Gasteiger partial charge on any atom is 0.334 e. The zero-order valence-electron chi connectivity index (χ0n) is 11.7. The van der Waals surface area contributed by atoms with E-state index in [1.807, 2.05) is 0 Å². The normalized spacial score (nSPS) is 15.0. The molecule has 10 nitrogen and oxygen atoms in total. The minimum Gasteiger partial charge on any atom is -0.480 e. The Balaban J connectivity index is 2.23. The third kappa shape index (κ3) is 3.48. The number of carboxylic acids is 1. The number of benzene rings is 1. The SMILES string of the molecule is O=C(O)CN1C(=O)CC(=O)N(Cc2cccc([N+](=O)[O-])c2)C1=O. The van der Waals surface area contributed by atoms with Crippen LogP contribution in [-0.4, -0.2) is 50.2 Å². The van der Waals surface area contributed by atoms with Gasteiger partial charge >= 0.3 is 12.0 Å². The molecule has 0 aromatic heterocycles. The van der Waals surface area contributed by atoms with Gasteiger partial charge in [0.1, 0.15) is 13.0 Å². The Morgan fingerprint density at radius 1 is 1.22 bits per heavy atom. The highest BCUT2D eigenvalue weighted by molar-refractivity contribution is 6.14. The molecule has 23 heavy (non-hydrogen) atoms. The first-order valence-corrected chi connectivity index (χ1v) is 6.39. The number of imide groups is 2. The molecule has 0 spiro atoms. The molecule has 4 amide bonds. The van der Waals surface area contributed by atoms with Crippen LogP contribution in [0.5, 0.6) is 0 Å². The highest BCUT2D eigenvalue weighted by Gasteiger charge is 2.38. The smallest absolute Gasteiger partial charge is 0.334 e. The molecular weight excluding hydrogens is 310 g/mol. The van der Waals surface area contributed by atoms with E-state index in [2.05, 4.69) is 0 Å². The minimum absolute atomic E-state index is 0.210. The number of nitro benzene ring substituents is 1. The molecule has 1 N–H and O–H groups in total. The van der Waals surface area contributed by atoms with E-state index in [-0.39, 0.29) is 12.2 Å². The van der Waals surface area contributed by atoms with Crippen molar-refractivity contribution in [2.24, 2.45) is 0 Å². The largest absolute Gasteiger partial charge is 0.480 e. The predicted molar refractivity (Wildman–Crippen MR) is 73.0 cm³/mol. The lowest BCUT2D eigenvalue weighted by molar-refractivity contribution is -0.384. The summed E-state index contributed by atoms with van der Waals surface area (Å²) in [7, 11) is 0. The fourth-order valence-corrected chi connectivity index (χ4v) is 2.08. The molecule has 1 aromatic carbocycles. The van der Waals surface area contributed by atoms with Crippen LogP contribution >= 0.6 is 0 Å². The number of nitro groups is 1. The lowest BCUT2D eigenvalue weighted by atomic mass is 10.1. The first-order valence-electron chi connectivity index (χ1n) is 6.39. The molecule has 1 aliphatic rings. The van der Waals surface area contributed by atoms with E-state index in [0.717, 1.165) is 0 Å². The van der Waals surface area contributed by atoms with Crippen LogP contribution in [0.25, 0.3) is 0 Å². The van der Waals surface area contributed by atoms with Crippen LogP contribution in [0, 0.1) is 10.1 Å². The number of non-ortho nitro benzene ring substituents is 1. The molecular formula is C13H11N3O7. The van der Waals surface area contributed by atoms with Crippen LogP contribution < -0.4 is 0 Å². The van der Waals surface area contributed by atoms with Crippen LogP contribution in [0.4, 0.5) is 10.5 Å². The number of carbonyl (C=O) groups is 4. The van der Waals surface area contributed by atoms with Crippen LogP contribution in [0.3, 0.4) is 0 Å². The quantitative estimate of drug-likeness (QED) is 0.469. The van der Waals surface area contributed by atoms with Gasteiger partial charge in [-0.15, -0.1) is 0 Å². The average molecular weight is 321 g/mol. The number of barbiturate groups is 1. The van der Waals surface area contributed by atoms with Crippen LogP contribution in [0.15, 0.2) is 24.3 Å². The van der Waals surface area contributed by atoms with Crippen LogP contribution in [0.2, 0.25) is 0 Å². The molecule has 1 saturated heterocycles. The summed E-state index contributed by atoms with van der Waals surface area (Å²) in [6, 6.07) is 4.26. The van der Waals surface area contributed by atoms with Crippen molar-refractivity contribution in [1.82, 2.24) is 9.80 Å². The summed E-state index contributed by atoms with van der Waals surface area (Å²) in [6.45, 7) is -1.14. The predicted octanol–water partition coefficient (Wildman–Crippen LogP) is 0.360. The fraction of sp³-hybridized carbons (Fsp3) is 0.231. The Morgan fingerprint density at radius 3 is 2.48 bits per heavy atom. The number of rotatable bonds is 5. The van der Waals surface area contributed by atoms with Crippen molar-refractivity contribution in [3.8, 4) is 0 Å². The zero-order chi connectivity index (χ0) is 17.1. The number of hydrogen-bond donors (Lipinski definition) is 1. The number of carboxylic acid groups (broad SMARTS) is 1. The highest BCUT2D eigenvalue weighted by atomic mass is 16.6. The Bertz CT molecular complexity index is 715. The van der Waals surface area contributed by atoms with Crippen molar-refractivity contribution < 1.29 is 29.2 Å². The molecule has 0 aliphatic carbocycles. The summed E-state index contributed by atoms with van der Waals surface area (Å²) >= 11 is 0. The van der Waals surface area contributed by atoms with Gasteiger partial charge < -0.3 is 5.11 Å². The van der Waals surface area contributed by atoms with Crippen molar-refractivity contribution in [3.05, 3.63) is 39.9 Å². The topological polar surface area (TPSA) is 138 Å². The van der Waals surface area contributed by atoms with E-state index in [0.29, 0.717) is 15.4 Å². The number of nitrogens with zero attached hydrogens (tertiary/aromatic N) is 3. The zero-order valence-corrected chi connectivity index (χ0v) is 11.7. The highest BCUT2D eigenvalue weighted by Crippen LogP contribution is 2.19. The summed E-state index contributed by atoms with van der Waals surface area (Å²) in [5.74, 6) is -3.07. The Labute approximate surface area is 129 Å². The van der Waals surface area contributed by atoms with Gasteiger partial charge in [-0.3, -0.25) is 34.3 Å². The van der Waals surface area contributed by atoms with Crippen molar-refractivity contribution in [2.75, 3.05) is 6.54 Å². The van der Waals surface area contributed by atoms with E-state index in [1.54, 1.807) is 0 Å². The fourth-order valence-electron chi connectivity index (χ4n) is 2.08. The third-order valence-corrected chi connectivity index (χ3v) is 3.12. The first kappa shape index (κ1) is 16.1. The van der Waals surface area contributed by atoms with Crippen molar-refractivity contribution >= 4 is 29.5 Å². The van der Waals surface area contributed by atoms with Crippen LogP contribution in [0.1, 0.15) is 12.0 Å². The molecule has 0 radical (unpaired) electrons. The van der Waals surface area contributed by atoms with Crippen molar-refractivity contribution in [1.29, 1.82) is 0 Å². The Hall–Kier alpha value is -3.30. The van der Waals surface area contributed by atoms with Gasteiger partial charge in [0.2, 0.25) is 11.8 Å². The van der Waals surface area contributed by atoms with Gasteiger partial charge in [-0.05, 0) is 5.56 Å². The Morgan fingerprint density at radius 2 is 1.87 bits per heavy atom. The van der Waals surface area contributed by atoms with Gasteiger partial charge in [0.25, 0.3) is 5.69 Å². The number of amides is 4. The summed E-state index contributed by atoms with van der Waals surface area (Å²) in [4.78, 5) is 57.5. The lowest BCUT2D eigenvalue weighted by Gasteiger charge is -2.31. The summed E-state index contributed by atoms with van der Waals surface area (Å²) in [5.41, 5.74) is 0.100. The molecule has 0 bridgehead atoms. The molecule has 1 aromatic rings. The molecule has 1 fully saturated rings. The van der Waals surface area contributed by atoms with Crippen molar-refractivity contribution in [2.45, 2.75) is 13.0 Å². The van der Waals surface area contributed by atoms with E-state index in [1.165, 1.54) is 24.3 Å². The summed E-state index contributed by atoms with van der Waals surface area (Å²) in [6.07, 6.45) is -0.631. The number of aliphatic carboxylic acids is 1. The average Bonchev–Trinajstić information content (AvgIpc) is 2.48. The van der Waals surface area contributed by atoms with Gasteiger partial charge in [0, 0.05) is 12.1 Å². The number of carbonyl (C=O) groups excluding carboxylic acids is 3. The first-order chi connectivity index (χ1) is 10.8. The molecule has 120 valence electrons. The molecule has 1 aliphatic heterocycles. The van der Waals surface area contributed by atoms with Gasteiger partial charge in [0.05, 0.1) is 11.5 Å². The van der Waals surface area contributed by atoms with Gasteiger partial charge in [-0.1, -0.05) is 12.1 Å². The second-order valence-electron chi connectivity index (χ2n) is 4.74. The summed E-state index contributed by atoms with van der Waals surface area (Å²) in [5, 5.41) is 19.4. The lowest BCUT2D eigenvalue weighted by Crippen LogP contribution is -2.55. The monoisotopic (exact) mass is 321 g/mol. The number of hydrogen-bond acceptors (Lipinski definition) is 6.